The van der Waals surface area contributed by atoms with Crippen molar-refractivity contribution in [1.29, 1.82) is 0 Å². The molecule has 4 rings (SSSR count). The standard InChI is InChI=1S/C15H25NO3.C2H6.CH4O.CH4/c1-10-13-14(12-11(17)6-5-9-16(10)12)19-15(18-13)7-3-2-4-8-15;2*1-2;/h10-14,17H,2-9H2,1H3;1-2H3;2H,1H3;1H4/t10-,11-,12-,13?,14?;;;/m1.../s1. The van der Waals surface area contributed by atoms with Crippen LogP contribution in [0.25, 0.3) is 0 Å². The second-order valence-corrected chi connectivity index (χ2v) is 6.81. The molecule has 5 atom stereocenters. The molecule has 4 fully saturated rings. The molecular formula is C19H39NO4. The van der Waals surface area contributed by atoms with Crippen LogP contribution in [0, 0.1) is 0 Å². The minimum atomic E-state index is -0.314. The SMILES string of the molecule is C.CC.CO.C[C@@H]1C2OC3(CCCCC3)OC2[C@H]2[C@H](O)CCCN12. The first kappa shape index (κ1) is 21.8. The zero-order valence-corrected chi connectivity index (χ0v) is 15.2. The number of ether oxygens (including phenoxy) is 2. The van der Waals surface area contributed by atoms with Gasteiger partial charge in [0.2, 0.25) is 0 Å². The Kier molecular flexibility index (Phi) is 8.63. The molecule has 3 aliphatic heterocycles. The smallest absolute Gasteiger partial charge is 0.169 e. The van der Waals surface area contributed by atoms with E-state index in [0.717, 1.165) is 39.3 Å². The van der Waals surface area contributed by atoms with Gasteiger partial charge in [0, 0.05) is 26.0 Å². The van der Waals surface area contributed by atoms with Crippen LogP contribution >= 0.6 is 0 Å². The lowest BCUT2D eigenvalue weighted by molar-refractivity contribution is -0.215. The van der Waals surface area contributed by atoms with Gasteiger partial charge < -0.3 is 19.7 Å². The number of nitrogens with zero attached hydrogens (tertiary/aromatic N) is 1. The zero-order valence-electron chi connectivity index (χ0n) is 15.2. The summed E-state index contributed by atoms with van der Waals surface area (Å²) < 4.78 is 12.8. The Morgan fingerprint density at radius 2 is 1.54 bits per heavy atom. The predicted octanol–water partition coefficient (Wildman–Crippen LogP) is 2.93. The van der Waals surface area contributed by atoms with Crippen LogP contribution in [0.15, 0.2) is 0 Å². The van der Waals surface area contributed by atoms with Gasteiger partial charge in [0.15, 0.2) is 5.79 Å². The van der Waals surface area contributed by atoms with Crippen molar-refractivity contribution in [2.45, 2.75) is 109 Å². The number of hydrogen-bond acceptors (Lipinski definition) is 5. The molecule has 2 unspecified atom stereocenters. The van der Waals surface area contributed by atoms with E-state index < -0.39 is 0 Å². The average Bonchev–Trinajstić information content (AvgIpc) is 3.08. The van der Waals surface area contributed by atoms with Crippen LogP contribution < -0.4 is 0 Å². The van der Waals surface area contributed by atoms with Crippen molar-refractivity contribution in [2.24, 2.45) is 0 Å². The van der Waals surface area contributed by atoms with Gasteiger partial charge in [0.1, 0.15) is 12.2 Å². The van der Waals surface area contributed by atoms with E-state index in [-0.39, 0.29) is 37.6 Å². The molecule has 0 amide bonds. The van der Waals surface area contributed by atoms with Gasteiger partial charge in [-0.25, -0.2) is 0 Å². The number of rotatable bonds is 0. The highest BCUT2D eigenvalue weighted by atomic mass is 16.8. The summed E-state index contributed by atoms with van der Waals surface area (Å²) in [6.45, 7) is 7.32. The molecule has 24 heavy (non-hydrogen) atoms. The Morgan fingerprint density at radius 1 is 0.958 bits per heavy atom. The molecule has 0 bridgehead atoms. The van der Waals surface area contributed by atoms with Gasteiger partial charge >= 0.3 is 0 Å². The van der Waals surface area contributed by atoms with E-state index in [1.165, 1.54) is 19.3 Å². The molecule has 4 aliphatic rings. The van der Waals surface area contributed by atoms with Crippen molar-refractivity contribution in [3.8, 4) is 0 Å². The lowest BCUT2D eigenvalue weighted by Gasteiger charge is -2.40. The van der Waals surface area contributed by atoms with E-state index >= 15 is 0 Å². The summed E-state index contributed by atoms with van der Waals surface area (Å²) in [7, 11) is 1.00. The molecule has 5 nitrogen and oxygen atoms in total. The quantitative estimate of drug-likeness (QED) is 0.707. The van der Waals surface area contributed by atoms with Crippen molar-refractivity contribution in [3.63, 3.8) is 0 Å². The van der Waals surface area contributed by atoms with Crippen LogP contribution in [-0.4, -0.2) is 65.0 Å². The summed E-state index contributed by atoms with van der Waals surface area (Å²) in [4.78, 5) is 2.42. The fourth-order valence-corrected chi connectivity index (χ4v) is 4.72. The molecule has 0 aromatic carbocycles. The molecule has 2 N–H and O–H groups in total. The normalized spacial score (nSPS) is 39.5. The van der Waals surface area contributed by atoms with Gasteiger partial charge in [0.05, 0.1) is 12.1 Å². The first-order valence-corrected chi connectivity index (χ1v) is 9.44. The summed E-state index contributed by atoms with van der Waals surface area (Å²) in [5.74, 6) is -0.314. The first-order chi connectivity index (χ1) is 11.2. The minimum Gasteiger partial charge on any atom is -0.400 e. The topological polar surface area (TPSA) is 62.2 Å². The largest absolute Gasteiger partial charge is 0.400 e. The molecule has 5 heteroatoms. The minimum absolute atomic E-state index is 0. The van der Waals surface area contributed by atoms with Crippen LogP contribution in [0.3, 0.4) is 0 Å². The van der Waals surface area contributed by atoms with E-state index in [0.29, 0.717) is 6.04 Å². The summed E-state index contributed by atoms with van der Waals surface area (Å²) >= 11 is 0. The average molecular weight is 346 g/mol. The van der Waals surface area contributed by atoms with Gasteiger partial charge in [0.25, 0.3) is 0 Å². The van der Waals surface area contributed by atoms with Crippen molar-refractivity contribution in [2.75, 3.05) is 13.7 Å². The van der Waals surface area contributed by atoms with Crippen molar-refractivity contribution >= 4 is 0 Å². The molecule has 1 aliphatic carbocycles. The van der Waals surface area contributed by atoms with E-state index in [1.54, 1.807) is 0 Å². The maximum Gasteiger partial charge on any atom is 0.169 e. The van der Waals surface area contributed by atoms with Crippen molar-refractivity contribution in [1.82, 2.24) is 4.90 Å². The van der Waals surface area contributed by atoms with Crippen LogP contribution in [0.1, 0.15) is 73.1 Å². The van der Waals surface area contributed by atoms with E-state index in [4.69, 9.17) is 14.6 Å². The van der Waals surface area contributed by atoms with Crippen molar-refractivity contribution in [3.05, 3.63) is 0 Å². The maximum atomic E-state index is 10.4. The Balaban J connectivity index is 0.000000539. The second-order valence-electron chi connectivity index (χ2n) is 6.81. The summed E-state index contributed by atoms with van der Waals surface area (Å²) in [6, 6.07) is 0.543. The lowest BCUT2D eigenvalue weighted by atomic mass is 9.94. The summed E-state index contributed by atoms with van der Waals surface area (Å²) in [5.41, 5.74) is 0. The van der Waals surface area contributed by atoms with E-state index in [2.05, 4.69) is 11.8 Å². The highest BCUT2D eigenvalue weighted by molar-refractivity contribution is 5.09. The van der Waals surface area contributed by atoms with E-state index in [1.807, 2.05) is 13.8 Å². The molecule has 144 valence electrons. The first-order valence-electron chi connectivity index (χ1n) is 9.44. The molecule has 3 saturated heterocycles. The maximum absolute atomic E-state index is 10.4. The number of aliphatic hydroxyl groups is 2. The Bertz CT molecular complexity index is 359. The van der Waals surface area contributed by atoms with Crippen LogP contribution in [0.2, 0.25) is 0 Å². The summed E-state index contributed by atoms with van der Waals surface area (Å²) in [6.07, 6.45) is 7.81. The van der Waals surface area contributed by atoms with Crippen LogP contribution in [0.4, 0.5) is 0 Å². The van der Waals surface area contributed by atoms with Gasteiger partial charge in [-0.1, -0.05) is 27.7 Å². The Hall–Kier alpha value is -0.200. The second kappa shape index (κ2) is 9.48. The fraction of sp³-hybridized carbons (Fsp3) is 1.00. The van der Waals surface area contributed by atoms with Gasteiger partial charge in [-0.2, -0.15) is 0 Å². The Labute approximate surface area is 148 Å². The number of fused-ring (bicyclic) bond motifs is 3. The highest BCUT2D eigenvalue weighted by Gasteiger charge is 2.60. The molecular weight excluding hydrogens is 306 g/mol. The molecule has 0 aromatic heterocycles. The number of hydrogen-bond donors (Lipinski definition) is 2. The molecule has 1 saturated carbocycles. The molecule has 0 radical (unpaired) electrons. The molecule has 3 heterocycles. The number of aliphatic hydroxyl groups excluding tert-OH is 2. The third kappa shape index (κ3) is 3.80. The molecule has 1 spiro atoms. The van der Waals surface area contributed by atoms with Crippen LogP contribution in [-0.2, 0) is 9.47 Å². The third-order valence-corrected chi connectivity index (χ3v) is 5.67. The van der Waals surface area contributed by atoms with Crippen molar-refractivity contribution < 1.29 is 19.7 Å². The van der Waals surface area contributed by atoms with Crippen LogP contribution in [0.5, 0.6) is 0 Å². The van der Waals surface area contributed by atoms with Gasteiger partial charge in [-0.15, -0.1) is 0 Å². The Morgan fingerprint density at radius 3 is 2.17 bits per heavy atom. The zero-order chi connectivity index (χ0) is 17.0. The van der Waals surface area contributed by atoms with E-state index in [9.17, 15) is 5.11 Å². The van der Waals surface area contributed by atoms with Gasteiger partial charge in [-0.05, 0) is 39.2 Å². The lowest BCUT2D eigenvalue weighted by Crippen LogP contribution is -2.52. The monoisotopic (exact) mass is 345 g/mol. The highest BCUT2D eigenvalue weighted by Crippen LogP contribution is 2.48. The third-order valence-electron chi connectivity index (χ3n) is 5.67. The summed E-state index contributed by atoms with van der Waals surface area (Å²) in [5, 5.41) is 17.4. The molecule has 0 aromatic rings. The number of piperidine rings is 1. The van der Waals surface area contributed by atoms with Gasteiger partial charge in [-0.3, -0.25) is 4.90 Å². The fourth-order valence-electron chi connectivity index (χ4n) is 4.72. The predicted molar refractivity (Wildman–Crippen MR) is 97.0 cm³/mol.